The highest BCUT2D eigenvalue weighted by atomic mass is 32.1. The Morgan fingerprint density at radius 3 is 1.73 bits per heavy atom. The van der Waals surface area contributed by atoms with Crippen LogP contribution in [0.4, 0.5) is 0 Å². The second-order valence-electron chi connectivity index (χ2n) is 10.3. The Hall–Kier alpha value is -3.56. The first-order valence-electron chi connectivity index (χ1n) is 13.0. The van der Waals surface area contributed by atoms with Gasteiger partial charge in [-0.2, -0.15) is 0 Å². The van der Waals surface area contributed by atoms with Gasteiger partial charge in [0.2, 0.25) is 0 Å². The normalized spacial score (nSPS) is 11.8. The molecule has 7 rings (SSSR count). The molecule has 2 heterocycles. The molecule has 7 aromatic rings. The lowest BCUT2D eigenvalue weighted by atomic mass is 9.59. The number of thiophene rings is 1. The summed E-state index contributed by atoms with van der Waals surface area (Å²) < 4.78 is 5.13. The summed E-state index contributed by atoms with van der Waals surface area (Å²) in [5, 5.41) is 5.27. The van der Waals surface area contributed by atoms with E-state index in [1.807, 2.05) is 11.3 Å². The molecule has 0 aliphatic carbocycles. The van der Waals surface area contributed by atoms with Crippen molar-refractivity contribution in [1.82, 2.24) is 4.57 Å². The molecule has 0 radical (unpaired) electrons. The standard InChI is InChI=1S/C30H24B5NS/c31-25-24(26(32)28(34)29(35)27(25)33)19-9-5-8-18-20-14-15(12-13-23(20)37-30(18)19)36-21-10-3-1-6-16(21)17-7-2-4-11-22(17)36/h1-14H,31-35H2. The van der Waals surface area contributed by atoms with Crippen LogP contribution in [0.5, 0.6) is 0 Å². The summed E-state index contributed by atoms with van der Waals surface area (Å²) in [7, 11) is 11.4. The monoisotopic (exact) mass is 485 g/mol. The van der Waals surface area contributed by atoms with Crippen molar-refractivity contribution in [3.8, 4) is 16.8 Å². The van der Waals surface area contributed by atoms with Crippen molar-refractivity contribution < 1.29 is 0 Å². The summed E-state index contributed by atoms with van der Waals surface area (Å²) in [6, 6.07) is 31.3. The van der Waals surface area contributed by atoms with E-state index in [0.29, 0.717) is 0 Å². The fourth-order valence-electron chi connectivity index (χ4n) is 6.23. The maximum absolute atomic E-state index is 2.42. The summed E-state index contributed by atoms with van der Waals surface area (Å²) >= 11 is 1.92. The summed E-state index contributed by atoms with van der Waals surface area (Å²) in [5.74, 6) is 0. The van der Waals surface area contributed by atoms with Crippen LogP contribution in [-0.4, -0.2) is 43.8 Å². The smallest absolute Gasteiger partial charge is 0.139 e. The molecule has 0 aliphatic rings. The summed E-state index contributed by atoms with van der Waals surface area (Å²) in [6.07, 6.45) is 0. The van der Waals surface area contributed by atoms with E-state index < -0.39 is 0 Å². The molecule has 0 saturated heterocycles. The number of rotatable bonds is 2. The van der Waals surface area contributed by atoms with Crippen LogP contribution in [0.25, 0.3) is 58.8 Å². The zero-order valence-corrected chi connectivity index (χ0v) is 22.8. The summed E-state index contributed by atoms with van der Waals surface area (Å²) in [5.41, 5.74) is 13.5. The Balaban J connectivity index is 1.52. The fraction of sp³-hybridized carbons (Fsp3) is 0. The summed E-state index contributed by atoms with van der Waals surface area (Å²) in [6.45, 7) is 0. The first-order chi connectivity index (χ1) is 18.0. The van der Waals surface area contributed by atoms with E-state index in [2.05, 4.69) is 129 Å². The quantitative estimate of drug-likeness (QED) is 0.307. The second kappa shape index (κ2) is 8.23. The van der Waals surface area contributed by atoms with E-state index in [9.17, 15) is 0 Å². The molecular formula is C30H24B5NS. The number of aromatic nitrogens is 1. The molecular weight excluding hydrogens is 460 g/mol. The predicted octanol–water partition coefficient (Wildman–Crippen LogP) is 0.111. The summed E-state index contributed by atoms with van der Waals surface area (Å²) in [4.78, 5) is 0. The first kappa shape index (κ1) is 22.6. The van der Waals surface area contributed by atoms with Gasteiger partial charge in [0.15, 0.2) is 0 Å². The van der Waals surface area contributed by atoms with Gasteiger partial charge in [-0.15, -0.1) is 27.7 Å². The Labute approximate surface area is 225 Å². The van der Waals surface area contributed by atoms with Crippen LogP contribution < -0.4 is 27.3 Å². The van der Waals surface area contributed by atoms with Crippen LogP contribution in [0.15, 0.2) is 84.9 Å². The Bertz CT molecular complexity index is 1970. The van der Waals surface area contributed by atoms with Crippen molar-refractivity contribution in [2.75, 3.05) is 0 Å². The third-order valence-electron chi connectivity index (χ3n) is 8.59. The molecule has 0 amide bonds. The Kier molecular flexibility index (Phi) is 5.03. The molecule has 37 heavy (non-hydrogen) atoms. The first-order valence-corrected chi connectivity index (χ1v) is 13.8. The molecule has 0 aliphatic heterocycles. The van der Waals surface area contributed by atoms with Crippen LogP contribution in [-0.2, 0) is 0 Å². The molecule has 0 N–H and O–H groups in total. The van der Waals surface area contributed by atoms with Gasteiger partial charge in [0.05, 0.1) is 11.0 Å². The van der Waals surface area contributed by atoms with E-state index in [1.165, 1.54) is 86.1 Å². The van der Waals surface area contributed by atoms with Crippen molar-refractivity contribution in [3.63, 3.8) is 0 Å². The van der Waals surface area contributed by atoms with Crippen molar-refractivity contribution in [2.24, 2.45) is 0 Å². The zero-order valence-electron chi connectivity index (χ0n) is 21.9. The molecule has 0 bridgehead atoms. The van der Waals surface area contributed by atoms with Crippen LogP contribution in [0.2, 0.25) is 0 Å². The van der Waals surface area contributed by atoms with E-state index in [1.54, 1.807) is 0 Å². The molecule has 0 spiro atoms. The molecule has 5 aromatic carbocycles. The van der Waals surface area contributed by atoms with Gasteiger partial charge in [0, 0.05) is 36.6 Å². The van der Waals surface area contributed by atoms with Crippen LogP contribution >= 0.6 is 11.3 Å². The molecule has 0 saturated carbocycles. The van der Waals surface area contributed by atoms with Crippen LogP contribution in [0.1, 0.15) is 0 Å². The lowest BCUT2D eigenvalue weighted by molar-refractivity contribution is 1.19. The maximum atomic E-state index is 2.42. The van der Waals surface area contributed by atoms with Crippen molar-refractivity contribution in [2.45, 2.75) is 0 Å². The molecule has 7 heteroatoms. The van der Waals surface area contributed by atoms with Gasteiger partial charge in [-0.25, -0.2) is 0 Å². The van der Waals surface area contributed by atoms with Gasteiger partial charge in [-0.05, 0) is 41.5 Å². The molecule has 2 aromatic heterocycles. The highest BCUT2D eigenvalue weighted by Gasteiger charge is 2.18. The largest absolute Gasteiger partial charge is 0.309 e. The van der Waals surface area contributed by atoms with Crippen molar-refractivity contribution >= 4 is 120 Å². The topological polar surface area (TPSA) is 4.93 Å². The number of hydrogen-bond acceptors (Lipinski definition) is 1. The SMILES string of the molecule is Bc1c(B)c(B)c(-c2cccc3c2sc2ccc(-n4c5ccccc5c5ccccc54)cc23)c(B)c1B. The van der Waals surface area contributed by atoms with E-state index in [0.717, 1.165) is 0 Å². The van der Waals surface area contributed by atoms with E-state index in [-0.39, 0.29) is 0 Å². The number of para-hydroxylation sites is 2. The van der Waals surface area contributed by atoms with E-state index in [4.69, 9.17) is 0 Å². The minimum Gasteiger partial charge on any atom is -0.309 e. The molecule has 1 nitrogen and oxygen atoms in total. The Morgan fingerprint density at radius 2 is 1.08 bits per heavy atom. The molecule has 170 valence electrons. The fourth-order valence-corrected chi connectivity index (χ4v) is 7.43. The van der Waals surface area contributed by atoms with E-state index >= 15 is 0 Å². The number of fused-ring (bicyclic) bond motifs is 6. The highest BCUT2D eigenvalue weighted by molar-refractivity contribution is 7.26. The second-order valence-corrected chi connectivity index (χ2v) is 11.4. The van der Waals surface area contributed by atoms with Gasteiger partial charge in [-0.1, -0.05) is 65.5 Å². The van der Waals surface area contributed by atoms with Gasteiger partial charge in [-0.3, -0.25) is 0 Å². The van der Waals surface area contributed by atoms with Crippen molar-refractivity contribution in [3.05, 3.63) is 84.9 Å². The van der Waals surface area contributed by atoms with Crippen molar-refractivity contribution in [1.29, 1.82) is 0 Å². The van der Waals surface area contributed by atoms with Crippen LogP contribution in [0, 0.1) is 0 Å². The third-order valence-corrected chi connectivity index (χ3v) is 9.81. The third kappa shape index (κ3) is 3.17. The lowest BCUT2D eigenvalue weighted by Gasteiger charge is -2.20. The molecule has 0 fully saturated rings. The average Bonchev–Trinajstić information content (AvgIpc) is 3.47. The van der Waals surface area contributed by atoms with Crippen LogP contribution in [0.3, 0.4) is 0 Å². The Morgan fingerprint density at radius 1 is 0.514 bits per heavy atom. The van der Waals surface area contributed by atoms with Gasteiger partial charge < -0.3 is 4.57 Å². The number of nitrogens with zero attached hydrogens (tertiary/aromatic N) is 1. The predicted molar refractivity (Wildman–Crippen MR) is 180 cm³/mol. The molecule has 0 unspecified atom stereocenters. The number of benzene rings is 5. The van der Waals surface area contributed by atoms with Gasteiger partial charge in [0.25, 0.3) is 0 Å². The zero-order chi connectivity index (χ0) is 25.4. The number of hydrogen-bond donors (Lipinski definition) is 0. The highest BCUT2D eigenvalue weighted by Crippen LogP contribution is 2.41. The molecule has 0 atom stereocenters. The average molecular weight is 485 g/mol. The van der Waals surface area contributed by atoms with Gasteiger partial charge >= 0.3 is 0 Å². The maximum Gasteiger partial charge on any atom is 0.139 e. The minimum atomic E-state index is 1.21. The van der Waals surface area contributed by atoms with Gasteiger partial charge in [0.1, 0.15) is 39.2 Å². The minimum absolute atomic E-state index is 1.21. The lowest BCUT2D eigenvalue weighted by Crippen LogP contribution is -2.55.